The van der Waals surface area contributed by atoms with Crippen LogP contribution in [0, 0.1) is 5.92 Å². The van der Waals surface area contributed by atoms with Crippen LogP contribution in [0.5, 0.6) is 0 Å². The van der Waals surface area contributed by atoms with Crippen LogP contribution < -0.4 is 16.0 Å². The first-order valence-corrected chi connectivity index (χ1v) is 11.9. The summed E-state index contributed by atoms with van der Waals surface area (Å²) in [6.07, 6.45) is 3.63. The van der Waals surface area contributed by atoms with Crippen LogP contribution in [-0.2, 0) is 16.0 Å². The van der Waals surface area contributed by atoms with Gasteiger partial charge in [-0.15, -0.1) is 0 Å². The Hall–Kier alpha value is -4.13. The van der Waals surface area contributed by atoms with Gasteiger partial charge < -0.3 is 25.7 Å². The maximum atomic E-state index is 13.2. The van der Waals surface area contributed by atoms with Crippen molar-refractivity contribution in [2.45, 2.75) is 38.8 Å². The first-order chi connectivity index (χ1) is 17.0. The van der Waals surface area contributed by atoms with E-state index in [9.17, 15) is 14.4 Å². The predicted molar refractivity (Wildman–Crippen MR) is 139 cm³/mol. The molecule has 180 valence electrons. The molecular formula is C28H30N4O3. The molecule has 0 unspecified atom stereocenters. The third kappa shape index (κ3) is 5.51. The van der Waals surface area contributed by atoms with E-state index in [1.807, 2.05) is 86.8 Å². The minimum absolute atomic E-state index is 0.131. The molecule has 0 aliphatic carbocycles. The van der Waals surface area contributed by atoms with Crippen molar-refractivity contribution in [2.75, 3.05) is 5.32 Å². The fourth-order valence-corrected chi connectivity index (χ4v) is 4.28. The molecule has 7 nitrogen and oxygen atoms in total. The summed E-state index contributed by atoms with van der Waals surface area (Å²) in [6.45, 7) is 3.86. The average molecular weight is 471 g/mol. The van der Waals surface area contributed by atoms with Gasteiger partial charge in [-0.05, 0) is 29.0 Å². The number of benzene rings is 3. The summed E-state index contributed by atoms with van der Waals surface area (Å²) in [6, 6.07) is 19.3. The number of hydrogen-bond donors (Lipinski definition) is 4. The highest BCUT2D eigenvalue weighted by atomic mass is 16.2. The Bertz CT molecular complexity index is 1340. The highest BCUT2D eigenvalue weighted by Gasteiger charge is 2.28. The number of aromatic nitrogens is 1. The summed E-state index contributed by atoms with van der Waals surface area (Å²) in [5.74, 6) is -0.516. The number of amides is 3. The van der Waals surface area contributed by atoms with Gasteiger partial charge in [0.15, 0.2) is 0 Å². The van der Waals surface area contributed by atoms with Crippen molar-refractivity contribution < 1.29 is 14.4 Å². The number of nitrogens with one attached hydrogen (secondary N) is 4. The number of para-hydroxylation sites is 1. The number of anilines is 1. The van der Waals surface area contributed by atoms with Gasteiger partial charge >= 0.3 is 6.03 Å². The third-order valence-electron chi connectivity index (χ3n) is 6.43. The molecule has 35 heavy (non-hydrogen) atoms. The number of rotatable bonds is 9. The smallest absolute Gasteiger partial charge is 0.319 e. The van der Waals surface area contributed by atoms with Crippen LogP contribution in [0.2, 0.25) is 0 Å². The maximum Gasteiger partial charge on any atom is 0.319 e. The van der Waals surface area contributed by atoms with Crippen LogP contribution in [0.15, 0.2) is 72.9 Å². The highest BCUT2D eigenvalue weighted by molar-refractivity contribution is 6.02. The standard InChI is InChI=1S/C28H30N4O3/c1-3-18(2)26(32-28(35)31-25-14-8-10-19-9-4-5-11-22(19)25)27(34)30-21(17-33)15-20-16-29-24-13-7-6-12-23(20)24/h4-14,16-18,21,26,29H,3,15H2,1-2H3,(H,30,34)(H2,31,32,35)/t18-,21-,26-/m0/s1. The summed E-state index contributed by atoms with van der Waals surface area (Å²) < 4.78 is 0. The summed E-state index contributed by atoms with van der Waals surface area (Å²) in [5.41, 5.74) is 2.58. The minimum atomic E-state index is -0.791. The highest BCUT2D eigenvalue weighted by Crippen LogP contribution is 2.23. The molecule has 0 radical (unpaired) electrons. The predicted octanol–water partition coefficient (Wildman–Crippen LogP) is 4.78. The zero-order valence-electron chi connectivity index (χ0n) is 19.9. The van der Waals surface area contributed by atoms with E-state index < -0.39 is 18.1 Å². The molecule has 3 atom stereocenters. The molecule has 4 N–H and O–H groups in total. The fraction of sp³-hybridized carbons (Fsp3) is 0.250. The number of H-pyrrole nitrogens is 1. The van der Waals surface area contributed by atoms with Gasteiger partial charge in [-0.3, -0.25) is 4.79 Å². The molecule has 0 fully saturated rings. The Morgan fingerprint density at radius 1 is 0.943 bits per heavy atom. The van der Waals surface area contributed by atoms with Crippen molar-refractivity contribution in [3.05, 3.63) is 78.5 Å². The van der Waals surface area contributed by atoms with E-state index >= 15 is 0 Å². The lowest BCUT2D eigenvalue weighted by atomic mass is 9.97. The largest absolute Gasteiger partial charge is 0.361 e. The molecule has 0 aliphatic rings. The number of hydrogen-bond acceptors (Lipinski definition) is 3. The Kier molecular flexibility index (Phi) is 7.45. The van der Waals surface area contributed by atoms with Crippen molar-refractivity contribution in [1.82, 2.24) is 15.6 Å². The van der Waals surface area contributed by atoms with Gasteiger partial charge in [-0.25, -0.2) is 4.79 Å². The quantitative estimate of drug-likeness (QED) is 0.265. The monoisotopic (exact) mass is 470 g/mol. The number of urea groups is 1. The van der Waals surface area contributed by atoms with Crippen LogP contribution >= 0.6 is 0 Å². The summed E-state index contributed by atoms with van der Waals surface area (Å²) in [7, 11) is 0. The molecule has 7 heteroatoms. The second kappa shape index (κ2) is 10.9. The van der Waals surface area contributed by atoms with E-state index in [2.05, 4.69) is 20.9 Å². The summed E-state index contributed by atoms with van der Waals surface area (Å²) in [4.78, 5) is 41.1. The van der Waals surface area contributed by atoms with E-state index in [0.29, 0.717) is 18.5 Å². The van der Waals surface area contributed by atoms with Crippen molar-refractivity contribution >= 4 is 45.6 Å². The van der Waals surface area contributed by atoms with Crippen LogP contribution in [-0.4, -0.2) is 35.3 Å². The number of carbonyl (C=O) groups is 3. The average Bonchev–Trinajstić information content (AvgIpc) is 3.29. The molecule has 0 aliphatic heterocycles. The van der Waals surface area contributed by atoms with E-state index in [1.165, 1.54) is 0 Å². The lowest BCUT2D eigenvalue weighted by Crippen LogP contribution is -2.54. The Labute approximate surface area is 204 Å². The molecule has 0 saturated carbocycles. The lowest BCUT2D eigenvalue weighted by Gasteiger charge is -2.25. The Morgan fingerprint density at radius 2 is 1.66 bits per heavy atom. The minimum Gasteiger partial charge on any atom is -0.361 e. The van der Waals surface area contributed by atoms with Crippen LogP contribution in [0.4, 0.5) is 10.5 Å². The van der Waals surface area contributed by atoms with Gasteiger partial charge in [0, 0.05) is 28.9 Å². The lowest BCUT2D eigenvalue weighted by molar-refractivity contribution is -0.126. The second-order valence-corrected chi connectivity index (χ2v) is 8.80. The van der Waals surface area contributed by atoms with Crippen LogP contribution in [0.25, 0.3) is 21.7 Å². The normalized spacial score (nSPS) is 13.7. The molecule has 0 spiro atoms. The molecule has 4 aromatic rings. The number of carbonyl (C=O) groups excluding carboxylic acids is 3. The van der Waals surface area contributed by atoms with Gasteiger partial charge in [-0.1, -0.05) is 74.9 Å². The molecule has 4 rings (SSSR count). The first-order valence-electron chi connectivity index (χ1n) is 11.9. The molecule has 3 amide bonds. The maximum absolute atomic E-state index is 13.2. The van der Waals surface area contributed by atoms with E-state index in [-0.39, 0.29) is 11.8 Å². The molecule has 1 aromatic heterocycles. The molecule has 0 bridgehead atoms. The topological polar surface area (TPSA) is 103 Å². The first kappa shape index (κ1) is 24.0. The molecule has 3 aromatic carbocycles. The van der Waals surface area contributed by atoms with E-state index in [1.54, 1.807) is 0 Å². The van der Waals surface area contributed by atoms with Crippen LogP contribution in [0.1, 0.15) is 25.8 Å². The second-order valence-electron chi connectivity index (χ2n) is 8.80. The van der Waals surface area contributed by atoms with Gasteiger partial charge in [0.2, 0.25) is 5.91 Å². The van der Waals surface area contributed by atoms with E-state index in [0.717, 1.165) is 33.5 Å². The zero-order chi connectivity index (χ0) is 24.8. The fourth-order valence-electron chi connectivity index (χ4n) is 4.28. The van der Waals surface area contributed by atoms with Crippen molar-refractivity contribution in [2.24, 2.45) is 5.92 Å². The van der Waals surface area contributed by atoms with E-state index in [4.69, 9.17) is 0 Å². The number of aromatic amines is 1. The van der Waals surface area contributed by atoms with Crippen LogP contribution in [0.3, 0.4) is 0 Å². The molecular weight excluding hydrogens is 440 g/mol. The molecule has 0 saturated heterocycles. The molecule has 1 heterocycles. The van der Waals surface area contributed by atoms with Gasteiger partial charge in [-0.2, -0.15) is 0 Å². The van der Waals surface area contributed by atoms with Crippen molar-refractivity contribution in [3.8, 4) is 0 Å². The van der Waals surface area contributed by atoms with Gasteiger partial charge in [0.1, 0.15) is 12.3 Å². The SMILES string of the molecule is CC[C@H](C)[C@H](NC(=O)Nc1cccc2ccccc12)C(=O)N[C@H](C=O)Cc1c[nH]c2ccccc12. The van der Waals surface area contributed by atoms with Gasteiger partial charge in [0.05, 0.1) is 11.7 Å². The summed E-state index contributed by atoms with van der Waals surface area (Å²) >= 11 is 0. The third-order valence-corrected chi connectivity index (χ3v) is 6.43. The van der Waals surface area contributed by atoms with Crippen molar-refractivity contribution in [1.29, 1.82) is 0 Å². The van der Waals surface area contributed by atoms with Gasteiger partial charge in [0.25, 0.3) is 0 Å². The Balaban J connectivity index is 1.45. The summed E-state index contributed by atoms with van der Waals surface area (Å²) in [5, 5.41) is 11.4. The number of aldehydes is 1. The Morgan fingerprint density at radius 3 is 2.43 bits per heavy atom. The van der Waals surface area contributed by atoms with Crippen molar-refractivity contribution in [3.63, 3.8) is 0 Å². The number of fused-ring (bicyclic) bond motifs is 2. The zero-order valence-corrected chi connectivity index (χ0v) is 19.9.